The first kappa shape index (κ1) is 13.8. The first-order valence-electron chi connectivity index (χ1n) is 6.96. The molecule has 5 heteroatoms. The van der Waals surface area contributed by atoms with Crippen molar-refractivity contribution in [1.29, 1.82) is 0 Å². The quantitative estimate of drug-likeness (QED) is 0.867. The monoisotopic (exact) mass is 261 g/mol. The summed E-state index contributed by atoms with van der Waals surface area (Å²) in [5, 5.41) is 4.34. The first-order valence-corrected chi connectivity index (χ1v) is 6.96. The molecule has 0 aliphatic carbocycles. The van der Waals surface area contributed by atoms with Gasteiger partial charge >= 0.3 is 0 Å². The lowest BCUT2D eigenvalue weighted by Gasteiger charge is -2.33. The first-order chi connectivity index (χ1) is 9.20. The van der Waals surface area contributed by atoms with Crippen LogP contribution >= 0.6 is 0 Å². The molecule has 2 heterocycles. The van der Waals surface area contributed by atoms with Gasteiger partial charge in [-0.2, -0.15) is 5.10 Å². The summed E-state index contributed by atoms with van der Waals surface area (Å²) in [6, 6.07) is 0. The molecule has 0 saturated carbocycles. The van der Waals surface area contributed by atoms with Gasteiger partial charge in [0.25, 0.3) is 0 Å². The lowest BCUT2D eigenvalue weighted by Crippen LogP contribution is -2.40. The lowest BCUT2D eigenvalue weighted by molar-refractivity contribution is 0.274. The lowest BCUT2D eigenvalue weighted by atomic mass is 9.92. The minimum absolute atomic E-state index is 0.0554. The Balaban J connectivity index is 2.47. The molecule has 19 heavy (non-hydrogen) atoms. The number of aromatic nitrogens is 4. The van der Waals surface area contributed by atoms with Crippen molar-refractivity contribution in [2.75, 3.05) is 6.54 Å². The van der Waals surface area contributed by atoms with Crippen molar-refractivity contribution in [2.24, 2.45) is 5.73 Å². The Hall–Kier alpha value is -1.62. The molecule has 0 spiro atoms. The zero-order valence-corrected chi connectivity index (χ0v) is 12.0. The molecule has 0 saturated heterocycles. The van der Waals surface area contributed by atoms with Crippen LogP contribution in [0.3, 0.4) is 0 Å². The van der Waals surface area contributed by atoms with E-state index < -0.39 is 0 Å². The number of nitrogens with two attached hydrogens (primary N) is 1. The number of hydrogen-bond acceptors (Lipinski definition) is 3. The molecule has 0 atom stereocenters. The van der Waals surface area contributed by atoms with Crippen LogP contribution < -0.4 is 5.73 Å². The minimum Gasteiger partial charge on any atom is -0.328 e. The minimum atomic E-state index is -0.0554. The topological polar surface area (TPSA) is 61.7 Å². The summed E-state index contributed by atoms with van der Waals surface area (Å²) in [6.45, 7) is 7.92. The summed E-state index contributed by atoms with van der Waals surface area (Å²) in [6.07, 6.45) is 9.71. The maximum Gasteiger partial charge on any atom is 0.0956 e. The van der Waals surface area contributed by atoms with Crippen molar-refractivity contribution in [1.82, 2.24) is 19.3 Å². The van der Waals surface area contributed by atoms with E-state index in [1.807, 2.05) is 23.4 Å². The molecule has 2 aromatic heterocycles. The molecule has 5 nitrogen and oxygen atoms in total. The smallest absolute Gasteiger partial charge is 0.0956 e. The van der Waals surface area contributed by atoms with Crippen molar-refractivity contribution in [3.8, 4) is 11.3 Å². The van der Waals surface area contributed by atoms with Crippen molar-refractivity contribution in [3.05, 3.63) is 24.9 Å². The molecule has 0 bridgehead atoms. The van der Waals surface area contributed by atoms with Gasteiger partial charge in [0, 0.05) is 24.8 Å². The highest BCUT2D eigenvalue weighted by Gasteiger charge is 2.28. The predicted molar refractivity (Wildman–Crippen MR) is 76.7 cm³/mol. The predicted octanol–water partition coefficient (Wildman–Crippen LogP) is 2.24. The zero-order valence-electron chi connectivity index (χ0n) is 12.0. The zero-order chi connectivity index (χ0) is 13.9. The van der Waals surface area contributed by atoms with Crippen LogP contribution in [0, 0.1) is 0 Å². The third-order valence-corrected chi connectivity index (χ3v) is 4.10. The van der Waals surface area contributed by atoms with Crippen LogP contribution in [0.2, 0.25) is 0 Å². The van der Waals surface area contributed by atoms with Gasteiger partial charge in [-0.05, 0) is 19.8 Å². The van der Waals surface area contributed by atoms with Crippen LogP contribution in [0.25, 0.3) is 11.3 Å². The van der Waals surface area contributed by atoms with Crippen LogP contribution in [0.1, 0.15) is 33.6 Å². The van der Waals surface area contributed by atoms with Gasteiger partial charge < -0.3 is 10.3 Å². The normalized spacial score (nSPS) is 12.0. The summed E-state index contributed by atoms with van der Waals surface area (Å²) in [5.74, 6) is 0. The Morgan fingerprint density at radius 3 is 2.47 bits per heavy atom. The maximum absolute atomic E-state index is 6.03. The summed E-state index contributed by atoms with van der Waals surface area (Å²) in [4.78, 5) is 4.31. The van der Waals surface area contributed by atoms with Crippen molar-refractivity contribution in [3.63, 3.8) is 0 Å². The van der Waals surface area contributed by atoms with E-state index in [1.54, 1.807) is 0 Å². The van der Waals surface area contributed by atoms with Crippen molar-refractivity contribution < 1.29 is 0 Å². The van der Waals surface area contributed by atoms with Gasteiger partial charge in [-0.3, -0.25) is 4.68 Å². The van der Waals surface area contributed by atoms with E-state index in [0.717, 1.165) is 30.6 Å². The molecule has 0 fully saturated rings. The Morgan fingerprint density at radius 1 is 1.21 bits per heavy atom. The number of imidazole rings is 1. The van der Waals surface area contributed by atoms with Gasteiger partial charge in [0.05, 0.1) is 30.0 Å². The fourth-order valence-electron chi connectivity index (χ4n) is 2.53. The van der Waals surface area contributed by atoms with Crippen LogP contribution in [-0.2, 0) is 12.1 Å². The van der Waals surface area contributed by atoms with E-state index in [-0.39, 0.29) is 5.54 Å². The fraction of sp³-hybridized carbons (Fsp3) is 0.571. The van der Waals surface area contributed by atoms with Crippen molar-refractivity contribution >= 4 is 0 Å². The molecule has 0 aliphatic heterocycles. The van der Waals surface area contributed by atoms with E-state index in [0.29, 0.717) is 6.54 Å². The highest BCUT2D eigenvalue weighted by molar-refractivity contribution is 5.57. The Morgan fingerprint density at radius 2 is 1.95 bits per heavy atom. The molecule has 0 radical (unpaired) electrons. The number of hydrogen-bond donors (Lipinski definition) is 1. The van der Waals surface area contributed by atoms with Gasteiger partial charge in [0.1, 0.15) is 0 Å². The Kier molecular flexibility index (Phi) is 4.04. The molecule has 104 valence electrons. The third-order valence-electron chi connectivity index (χ3n) is 4.10. The second-order valence-corrected chi connectivity index (χ2v) is 4.87. The molecule has 0 aromatic carbocycles. The van der Waals surface area contributed by atoms with E-state index in [9.17, 15) is 0 Å². The molecule has 2 N–H and O–H groups in total. The summed E-state index contributed by atoms with van der Waals surface area (Å²) >= 11 is 0. The molecule has 0 amide bonds. The average molecular weight is 261 g/mol. The van der Waals surface area contributed by atoms with Gasteiger partial charge in [-0.25, -0.2) is 4.98 Å². The summed E-state index contributed by atoms with van der Waals surface area (Å²) in [7, 11) is 0. The van der Waals surface area contributed by atoms with Gasteiger partial charge in [-0.1, -0.05) is 13.8 Å². The highest BCUT2D eigenvalue weighted by atomic mass is 15.3. The van der Waals surface area contributed by atoms with Crippen LogP contribution in [0.4, 0.5) is 0 Å². The second kappa shape index (κ2) is 5.57. The number of nitrogens with zero attached hydrogens (tertiary/aromatic N) is 4. The SMILES string of the molecule is CCn1cc(-c2cncn2C(CC)(CC)CN)cn1. The Labute approximate surface area is 114 Å². The third kappa shape index (κ3) is 2.30. The number of aryl methyl sites for hydroxylation is 1. The van der Waals surface area contributed by atoms with Crippen LogP contribution in [0.5, 0.6) is 0 Å². The average Bonchev–Trinajstić information content (AvgIpc) is 3.10. The van der Waals surface area contributed by atoms with E-state index >= 15 is 0 Å². The molecule has 2 aromatic rings. The molecular formula is C14H23N5. The van der Waals surface area contributed by atoms with Crippen LogP contribution in [-0.4, -0.2) is 25.9 Å². The largest absolute Gasteiger partial charge is 0.328 e. The van der Waals surface area contributed by atoms with Gasteiger partial charge in [0.2, 0.25) is 0 Å². The highest BCUT2D eigenvalue weighted by Crippen LogP contribution is 2.30. The van der Waals surface area contributed by atoms with E-state index in [4.69, 9.17) is 5.73 Å². The Bertz CT molecular complexity index is 513. The molecular weight excluding hydrogens is 238 g/mol. The van der Waals surface area contributed by atoms with E-state index in [1.165, 1.54) is 0 Å². The van der Waals surface area contributed by atoms with Gasteiger partial charge in [-0.15, -0.1) is 0 Å². The van der Waals surface area contributed by atoms with E-state index in [2.05, 4.69) is 41.6 Å². The van der Waals surface area contributed by atoms with Crippen molar-refractivity contribution in [2.45, 2.75) is 45.7 Å². The standard InChI is InChI=1S/C14H23N5/c1-4-14(5-2,10-15)19-11-16-8-13(19)12-7-17-18(6-3)9-12/h7-9,11H,4-6,10,15H2,1-3H3. The second-order valence-electron chi connectivity index (χ2n) is 4.87. The maximum atomic E-state index is 6.03. The summed E-state index contributed by atoms with van der Waals surface area (Å²) < 4.78 is 4.14. The molecule has 2 rings (SSSR count). The number of rotatable bonds is 6. The summed E-state index contributed by atoms with van der Waals surface area (Å²) in [5.41, 5.74) is 8.16. The van der Waals surface area contributed by atoms with Crippen LogP contribution in [0.15, 0.2) is 24.9 Å². The van der Waals surface area contributed by atoms with Gasteiger partial charge in [0.15, 0.2) is 0 Å². The molecule has 0 unspecified atom stereocenters. The molecule has 0 aliphatic rings. The fourth-order valence-corrected chi connectivity index (χ4v) is 2.53.